The lowest BCUT2D eigenvalue weighted by Crippen LogP contribution is -2.36. The summed E-state index contributed by atoms with van der Waals surface area (Å²) in [6.07, 6.45) is -5.65. The molecule has 240 valence electrons. The van der Waals surface area contributed by atoms with Crippen molar-refractivity contribution in [2.75, 3.05) is 42.3 Å². The maximum absolute atomic E-state index is 12.9. The fourth-order valence-corrected chi connectivity index (χ4v) is 5.11. The number of piperidine rings is 1. The molecule has 1 aliphatic heterocycles. The Morgan fingerprint density at radius 2 is 1.69 bits per heavy atom. The quantitative estimate of drug-likeness (QED) is 0.182. The van der Waals surface area contributed by atoms with Gasteiger partial charge in [0.05, 0.1) is 6.61 Å². The molecule has 2 aliphatic rings. The third-order valence-electron chi connectivity index (χ3n) is 7.31. The van der Waals surface area contributed by atoms with Crippen LogP contribution in [0.1, 0.15) is 22.8 Å². The minimum atomic E-state index is -4.59. The number of hydrogen-bond donors (Lipinski definition) is 4. The van der Waals surface area contributed by atoms with Crippen LogP contribution < -0.4 is 25.4 Å². The molecule has 0 bridgehead atoms. The van der Waals surface area contributed by atoms with Gasteiger partial charge in [-0.3, -0.25) is 4.79 Å². The Morgan fingerprint density at radius 3 is 2.31 bits per heavy atom. The molecule has 3 unspecified atom stereocenters. The average Bonchev–Trinajstić information content (AvgIpc) is 3.42. The maximum atomic E-state index is 12.9. The molecule has 0 spiro atoms. The van der Waals surface area contributed by atoms with Gasteiger partial charge >= 0.3 is 18.3 Å². The highest BCUT2D eigenvalue weighted by Gasteiger charge is 2.57. The fourth-order valence-electron chi connectivity index (χ4n) is 4.93. The second-order valence-electron chi connectivity index (χ2n) is 11.0. The number of carbonyl (C=O) groups excluding carboxylic acids is 1. The molecule has 2 heterocycles. The lowest BCUT2D eigenvalue weighted by molar-refractivity contribution is -0.154. The van der Waals surface area contributed by atoms with Gasteiger partial charge in [0.25, 0.3) is 5.91 Å². The highest BCUT2D eigenvalue weighted by Crippen LogP contribution is 2.45. The standard InChI is InChI=1S/C29H31BrF3N7O5/c1-16(10-30)14-44-20-8-2-17(3-9-20)11-34-25-37-26(39-27(38-25)45-15-29(31,32)33)35-19-6-4-18(5-7-19)24(41)40-12-21-22(13-40)23(21)36-28(42)43/h2-9,16,21-23,36H,10-15H2,1H3,(H,42,43)(H2,34,35,37,38,39). The molecule has 3 atom stereocenters. The predicted octanol–water partition coefficient (Wildman–Crippen LogP) is 4.92. The van der Waals surface area contributed by atoms with E-state index < -0.39 is 24.9 Å². The van der Waals surface area contributed by atoms with Gasteiger partial charge in [0.15, 0.2) is 6.61 Å². The summed E-state index contributed by atoms with van der Waals surface area (Å²) in [5.74, 6) is 1.07. The largest absolute Gasteiger partial charge is 0.493 e. The van der Waals surface area contributed by atoms with Crippen molar-refractivity contribution in [2.45, 2.75) is 25.7 Å². The average molecular weight is 695 g/mol. The van der Waals surface area contributed by atoms with E-state index in [4.69, 9.17) is 14.6 Å². The van der Waals surface area contributed by atoms with Gasteiger partial charge in [0.1, 0.15) is 5.75 Å². The molecule has 12 nitrogen and oxygen atoms in total. The normalized spacial score (nSPS) is 19.3. The molecule has 2 amide bonds. The first-order valence-electron chi connectivity index (χ1n) is 14.1. The molecular weight excluding hydrogens is 663 g/mol. The highest BCUT2D eigenvalue weighted by molar-refractivity contribution is 9.09. The molecule has 0 radical (unpaired) electrons. The molecule has 1 saturated heterocycles. The van der Waals surface area contributed by atoms with Crippen LogP contribution in [0.4, 0.5) is 35.5 Å². The minimum Gasteiger partial charge on any atom is -0.493 e. The Balaban J connectivity index is 1.21. The molecule has 1 aromatic heterocycles. The molecule has 45 heavy (non-hydrogen) atoms. The van der Waals surface area contributed by atoms with Gasteiger partial charge < -0.3 is 35.4 Å². The molecule has 1 aliphatic carbocycles. The Bertz CT molecular complexity index is 1490. The molecule has 5 rings (SSSR count). The van der Waals surface area contributed by atoms with Gasteiger partial charge in [-0.05, 0) is 47.9 Å². The van der Waals surface area contributed by atoms with Crippen molar-refractivity contribution in [3.05, 3.63) is 59.7 Å². The third-order valence-corrected chi connectivity index (χ3v) is 8.42. The number of alkyl halides is 4. The zero-order valence-electron chi connectivity index (χ0n) is 24.1. The summed E-state index contributed by atoms with van der Waals surface area (Å²) < 4.78 is 49.0. The summed E-state index contributed by atoms with van der Waals surface area (Å²) in [5, 5.41) is 18.1. The topological polar surface area (TPSA) is 151 Å². The van der Waals surface area contributed by atoms with E-state index in [1.54, 1.807) is 29.2 Å². The number of hydrogen-bond acceptors (Lipinski definition) is 9. The molecule has 4 N–H and O–H groups in total. The van der Waals surface area contributed by atoms with Crippen molar-refractivity contribution < 1.29 is 37.3 Å². The predicted molar refractivity (Wildman–Crippen MR) is 161 cm³/mol. The number of benzene rings is 2. The SMILES string of the molecule is CC(CBr)COc1ccc(CNc2nc(Nc3ccc(C(=O)N4CC5C(C4)C5NC(=O)O)cc3)nc(OCC(F)(F)F)n2)cc1. The summed E-state index contributed by atoms with van der Waals surface area (Å²) in [4.78, 5) is 37.7. The van der Waals surface area contributed by atoms with E-state index in [1.165, 1.54) is 0 Å². The second-order valence-corrected chi connectivity index (χ2v) is 11.6. The van der Waals surface area contributed by atoms with Gasteiger partial charge in [-0.1, -0.05) is 35.0 Å². The first kappa shape index (κ1) is 32.1. The number of nitrogens with zero attached hydrogens (tertiary/aromatic N) is 4. The summed E-state index contributed by atoms with van der Waals surface area (Å²) in [6, 6.07) is 13.2. The van der Waals surface area contributed by atoms with Gasteiger partial charge in [-0.25, -0.2) is 4.79 Å². The molecule has 2 fully saturated rings. The van der Waals surface area contributed by atoms with Crippen molar-refractivity contribution in [1.82, 2.24) is 25.2 Å². The van der Waals surface area contributed by atoms with E-state index >= 15 is 0 Å². The second kappa shape index (κ2) is 13.7. The zero-order valence-corrected chi connectivity index (χ0v) is 25.6. The first-order chi connectivity index (χ1) is 21.5. The number of fused-ring (bicyclic) bond motifs is 1. The number of nitrogens with one attached hydrogen (secondary N) is 3. The number of anilines is 3. The van der Waals surface area contributed by atoms with Crippen molar-refractivity contribution in [3.8, 4) is 11.8 Å². The van der Waals surface area contributed by atoms with E-state index in [0.717, 1.165) is 10.9 Å². The molecule has 16 heteroatoms. The summed E-state index contributed by atoms with van der Waals surface area (Å²) in [7, 11) is 0. The lowest BCUT2D eigenvalue weighted by atomic mass is 10.1. The summed E-state index contributed by atoms with van der Waals surface area (Å²) >= 11 is 3.42. The number of carboxylic acid groups (broad SMARTS) is 1. The van der Waals surface area contributed by atoms with Crippen molar-refractivity contribution in [2.24, 2.45) is 17.8 Å². The third kappa shape index (κ3) is 8.86. The number of ether oxygens (including phenoxy) is 2. The zero-order chi connectivity index (χ0) is 32.1. The monoisotopic (exact) mass is 693 g/mol. The minimum absolute atomic E-state index is 0.00812. The van der Waals surface area contributed by atoms with Crippen LogP contribution in [0.3, 0.4) is 0 Å². The van der Waals surface area contributed by atoms with Crippen LogP contribution in [0.25, 0.3) is 0 Å². The van der Waals surface area contributed by atoms with Gasteiger partial charge in [0.2, 0.25) is 11.9 Å². The summed E-state index contributed by atoms with van der Waals surface area (Å²) in [6.45, 7) is 2.27. The van der Waals surface area contributed by atoms with Crippen molar-refractivity contribution >= 4 is 45.5 Å². The Hall–Kier alpha value is -4.34. The van der Waals surface area contributed by atoms with E-state index in [2.05, 4.69) is 53.8 Å². The van der Waals surface area contributed by atoms with Crippen LogP contribution in [-0.4, -0.2) is 80.8 Å². The molecule has 2 aromatic carbocycles. The number of rotatable bonds is 13. The first-order valence-corrected chi connectivity index (χ1v) is 15.2. The van der Waals surface area contributed by atoms with Crippen LogP contribution in [0.15, 0.2) is 48.5 Å². The Kier molecular flexibility index (Phi) is 9.80. The van der Waals surface area contributed by atoms with Crippen LogP contribution in [0.5, 0.6) is 11.8 Å². The van der Waals surface area contributed by atoms with Gasteiger partial charge in [0, 0.05) is 54.1 Å². The molecule has 3 aromatic rings. The lowest BCUT2D eigenvalue weighted by Gasteiger charge is -2.20. The van der Waals surface area contributed by atoms with Crippen molar-refractivity contribution in [3.63, 3.8) is 0 Å². The Morgan fingerprint density at radius 1 is 1.02 bits per heavy atom. The number of likely N-dealkylation sites (tertiary alicyclic amines) is 1. The van der Waals surface area contributed by atoms with Crippen molar-refractivity contribution in [1.29, 1.82) is 0 Å². The van der Waals surface area contributed by atoms with E-state index in [-0.39, 0.29) is 42.2 Å². The van der Waals surface area contributed by atoms with Crippen LogP contribution >= 0.6 is 15.9 Å². The van der Waals surface area contributed by atoms with Gasteiger partial charge in [-0.2, -0.15) is 28.1 Å². The van der Waals surface area contributed by atoms with E-state index in [1.807, 2.05) is 24.3 Å². The fraction of sp³-hybridized carbons (Fsp3) is 0.414. The van der Waals surface area contributed by atoms with Crippen LogP contribution in [-0.2, 0) is 6.54 Å². The number of carbonyl (C=O) groups is 2. The number of aromatic nitrogens is 3. The highest BCUT2D eigenvalue weighted by atomic mass is 79.9. The van der Waals surface area contributed by atoms with Crippen LogP contribution in [0, 0.1) is 17.8 Å². The smallest absolute Gasteiger partial charge is 0.422 e. The maximum Gasteiger partial charge on any atom is 0.422 e. The van der Waals surface area contributed by atoms with E-state index in [9.17, 15) is 22.8 Å². The van der Waals surface area contributed by atoms with Gasteiger partial charge in [-0.15, -0.1) is 0 Å². The Labute approximate surface area is 264 Å². The molecular formula is C29H31BrF3N7O5. The van der Waals surface area contributed by atoms with E-state index in [0.29, 0.717) is 42.6 Å². The summed E-state index contributed by atoms with van der Waals surface area (Å²) in [5.41, 5.74) is 1.77. The van der Waals surface area contributed by atoms with Crippen LogP contribution in [0.2, 0.25) is 0 Å². The molecule has 1 saturated carbocycles. The number of amides is 2. The number of halogens is 4.